The van der Waals surface area contributed by atoms with E-state index in [-0.39, 0.29) is 5.91 Å². The number of hydrogen-bond donors (Lipinski definition) is 1. The molecule has 2 aromatic carbocycles. The molecule has 0 saturated heterocycles. The zero-order valence-electron chi connectivity index (χ0n) is 12.9. The summed E-state index contributed by atoms with van der Waals surface area (Å²) >= 11 is 1.58. The molecular formula is C19H14N2O2S. The Labute approximate surface area is 142 Å². The Morgan fingerprint density at radius 2 is 2.00 bits per heavy atom. The lowest BCUT2D eigenvalue weighted by Gasteiger charge is -2.07. The van der Waals surface area contributed by atoms with E-state index in [9.17, 15) is 4.79 Å². The molecular weight excluding hydrogens is 320 g/mol. The van der Waals surface area contributed by atoms with Crippen LogP contribution in [0.25, 0.3) is 21.9 Å². The van der Waals surface area contributed by atoms with Crippen molar-refractivity contribution >= 4 is 34.0 Å². The van der Waals surface area contributed by atoms with Crippen LogP contribution in [0.15, 0.2) is 64.4 Å². The fraction of sp³-hybridized carbons (Fsp3) is 0.0526. The van der Waals surface area contributed by atoms with Gasteiger partial charge in [-0.2, -0.15) is 0 Å². The summed E-state index contributed by atoms with van der Waals surface area (Å²) in [5.74, 6) is 0.469. The summed E-state index contributed by atoms with van der Waals surface area (Å²) in [7, 11) is 0. The van der Waals surface area contributed by atoms with Gasteiger partial charge in [0, 0.05) is 11.3 Å². The highest BCUT2D eigenvalue weighted by molar-refractivity contribution is 7.13. The molecule has 118 valence electrons. The predicted molar refractivity (Wildman–Crippen MR) is 96.5 cm³/mol. The normalized spacial score (nSPS) is 10.9. The van der Waals surface area contributed by atoms with E-state index in [1.54, 1.807) is 11.3 Å². The molecule has 0 spiro atoms. The van der Waals surface area contributed by atoms with Crippen LogP contribution in [-0.4, -0.2) is 10.9 Å². The summed E-state index contributed by atoms with van der Waals surface area (Å²) in [4.78, 5) is 17.9. The van der Waals surface area contributed by atoms with Gasteiger partial charge in [-0.25, -0.2) is 4.98 Å². The molecule has 1 amide bonds. The molecule has 4 rings (SSSR count). The second kappa shape index (κ2) is 5.94. The number of anilines is 1. The molecule has 0 aliphatic rings. The van der Waals surface area contributed by atoms with Gasteiger partial charge in [0.1, 0.15) is 5.52 Å². The van der Waals surface area contributed by atoms with Crippen LogP contribution < -0.4 is 5.32 Å². The Hall–Kier alpha value is -2.92. The predicted octanol–water partition coefficient (Wildman–Crippen LogP) is 5.12. The number of nitrogens with one attached hydrogen (secondary N) is 1. The molecule has 0 bridgehead atoms. The minimum absolute atomic E-state index is 0.130. The Balaban J connectivity index is 1.63. The number of carbonyl (C=O) groups is 1. The van der Waals surface area contributed by atoms with Crippen molar-refractivity contribution in [2.24, 2.45) is 0 Å². The first-order valence-electron chi connectivity index (χ1n) is 7.52. The maximum absolute atomic E-state index is 12.4. The Morgan fingerprint density at radius 3 is 2.79 bits per heavy atom. The zero-order valence-corrected chi connectivity index (χ0v) is 13.8. The van der Waals surface area contributed by atoms with Crippen molar-refractivity contribution in [3.8, 4) is 10.8 Å². The Bertz CT molecular complexity index is 1020. The average Bonchev–Trinajstić information content (AvgIpc) is 3.24. The third kappa shape index (κ3) is 2.70. The first kappa shape index (κ1) is 14.7. The fourth-order valence-corrected chi connectivity index (χ4v) is 3.19. The summed E-state index contributed by atoms with van der Waals surface area (Å²) < 4.78 is 5.76. The van der Waals surface area contributed by atoms with Crippen LogP contribution in [0.2, 0.25) is 0 Å². The molecule has 5 heteroatoms. The summed E-state index contributed by atoms with van der Waals surface area (Å²) in [5, 5.41) is 4.90. The van der Waals surface area contributed by atoms with Crippen molar-refractivity contribution in [1.29, 1.82) is 0 Å². The van der Waals surface area contributed by atoms with Crippen LogP contribution in [0.4, 0.5) is 5.69 Å². The highest BCUT2D eigenvalue weighted by atomic mass is 32.1. The highest BCUT2D eigenvalue weighted by Crippen LogP contribution is 2.29. The first-order chi connectivity index (χ1) is 11.7. The van der Waals surface area contributed by atoms with Gasteiger partial charge in [-0.15, -0.1) is 11.3 Å². The van der Waals surface area contributed by atoms with Gasteiger partial charge in [0.25, 0.3) is 5.91 Å². The SMILES string of the molecule is Cc1ccccc1C(=O)Nc1ccc2oc(-c3cccs3)nc2c1. The van der Waals surface area contributed by atoms with Crippen molar-refractivity contribution in [2.45, 2.75) is 6.92 Å². The fourth-order valence-electron chi connectivity index (χ4n) is 2.54. The Kier molecular flexibility index (Phi) is 3.63. The van der Waals surface area contributed by atoms with Gasteiger partial charge in [-0.1, -0.05) is 24.3 Å². The van der Waals surface area contributed by atoms with E-state index >= 15 is 0 Å². The number of hydrogen-bond acceptors (Lipinski definition) is 4. The van der Waals surface area contributed by atoms with Crippen molar-refractivity contribution in [2.75, 3.05) is 5.32 Å². The van der Waals surface area contributed by atoms with Gasteiger partial charge in [0.05, 0.1) is 4.88 Å². The number of aromatic nitrogens is 1. The molecule has 1 N–H and O–H groups in total. The average molecular weight is 334 g/mol. The van der Waals surface area contributed by atoms with Gasteiger partial charge < -0.3 is 9.73 Å². The third-order valence-corrected chi connectivity index (χ3v) is 4.62. The molecule has 0 aliphatic heterocycles. The summed E-state index contributed by atoms with van der Waals surface area (Å²) in [6.45, 7) is 1.92. The maximum Gasteiger partial charge on any atom is 0.255 e. The maximum atomic E-state index is 12.4. The molecule has 0 aliphatic carbocycles. The van der Waals surface area contributed by atoms with Gasteiger partial charge in [0.2, 0.25) is 5.89 Å². The number of aryl methyl sites for hydroxylation is 1. The van der Waals surface area contributed by atoms with Crippen molar-refractivity contribution < 1.29 is 9.21 Å². The molecule has 4 aromatic rings. The zero-order chi connectivity index (χ0) is 16.5. The summed E-state index contributed by atoms with van der Waals surface area (Å²) in [6.07, 6.45) is 0. The number of thiophene rings is 1. The second-order valence-electron chi connectivity index (χ2n) is 5.45. The van der Waals surface area contributed by atoms with Crippen LogP contribution in [0.1, 0.15) is 15.9 Å². The molecule has 0 radical (unpaired) electrons. The van der Waals surface area contributed by atoms with Crippen LogP contribution in [0, 0.1) is 6.92 Å². The van der Waals surface area contributed by atoms with Gasteiger partial charge >= 0.3 is 0 Å². The standard InChI is InChI=1S/C19H14N2O2S/c1-12-5-2-3-6-14(12)18(22)20-13-8-9-16-15(11-13)21-19(23-16)17-7-4-10-24-17/h2-11H,1H3,(H,20,22). The van der Waals surface area contributed by atoms with Crippen LogP contribution in [-0.2, 0) is 0 Å². The van der Waals surface area contributed by atoms with Crippen LogP contribution in [0.5, 0.6) is 0 Å². The molecule has 2 heterocycles. The monoisotopic (exact) mass is 334 g/mol. The van der Waals surface area contributed by atoms with Crippen molar-refractivity contribution in [1.82, 2.24) is 4.98 Å². The van der Waals surface area contributed by atoms with E-state index in [1.807, 2.05) is 66.9 Å². The third-order valence-electron chi connectivity index (χ3n) is 3.77. The van der Waals surface area contributed by atoms with E-state index in [4.69, 9.17) is 4.42 Å². The van der Waals surface area contributed by atoms with E-state index in [2.05, 4.69) is 10.3 Å². The van der Waals surface area contributed by atoms with E-state index in [1.165, 1.54) is 0 Å². The summed E-state index contributed by atoms with van der Waals surface area (Å²) in [5.41, 5.74) is 3.73. The minimum atomic E-state index is -0.130. The van der Waals surface area contributed by atoms with E-state index < -0.39 is 0 Å². The lowest BCUT2D eigenvalue weighted by atomic mass is 10.1. The smallest absolute Gasteiger partial charge is 0.255 e. The quantitative estimate of drug-likeness (QED) is 0.566. The molecule has 0 fully saturated rings. The molecule has 0 unspecified atom stereocenters. The van der Waals surface area contributed by atoms with Crippen LogP contribution in [0.3, 0.4) is 0 Å². The lowest BCUT2D eigenvalue weighted by molar-refractivity contribution is 0.102. The van der Waals surface area contributed by atoms with Gasteiger partial charge in [-0.05, 0) is 48.2 Å². The first-order valence-corrected chi connectivity index (χ1v) is 8.40. The number of fused-ring (bicyclic) bond motifs is 1. The topological polar surface area (TPSA) is 55.1 Å². The van der Waals surface area contributed by atoms with E-state index in [0.29, 0.717) is 22.7 Å². The molecule has 24 heavy (non-hydrogen) atoms. The number of oxazole rings is 1. The summed E-state index contributed by atoms with van der Waals surface area (Å²) in [6, 6.07) is 16.9. The second-order valence-corrected chi connectivity index (χ2v) is 6.40. The van der Waals surface area contributed by atoms with Crippen molar-refractivity contribution in [3.63, 3.8) is 0 Å². The van der Waals surface area contributed by atoms with Gasteiger partial charge in [-0.3, -0.25) is 4.79 Å². The van der Waals surface area contributed by atoms with Crippen molar-refractivity contribution in [3.05, 3.63) is 71.1 Å². The largest absolute Gasteiger partial charge is 0.435 e. The van der Waals surface area contributed by atoms with E-state index in [0.717, 1.165) is 16.0 Å². The molecule has 0 atom stereocenters. The highest BCUT2D eigenvalue weighted by Gasteiger charge is 2.12. The minimum Gasteiger partial charge on any atom is -0.435 e. The number of nitrogens with zero attached hydrogens (tertiary/aromatic N) is 1. The number of benzene rings is 2. The number of amides is 1. The number of rotatable bonds is 3. The number of carbonyl (C=O) groups excluding carboxylic acids is 1. The van der Waals surface area contributed by atoms with Gasteiger partial charge in [0.15, 0.2) is 5.58 Å². The molecule has 4 nitrogen and oxygen atoms in total. The Morgan fingerprint density at radius 1 is 1.12 bits per heavy atom. The van der Waals surface area contributed by atoms with Crippen LogP contribution >= 0.6 is 11.3 Å². The lowest BCUT2D eigenvalue weighted by Crippen LogP contribution is -2.13. The molecule has 0 saturated carbocycles. The molecule has 2 aromatic heterocycles.